The van der Waals surface area contributed by atoms with Crippen molar-refractivity contribution in [2.24, 2.45) is 0 Å². The number of hydrogen-bond acceptors (Lipinski definition) is 4. The number of piperazine rings is 1. The van der Waals surface area contributed by atoms with Crippen LogP contribution in [0, 0.1) is 0 Å². The second-order valence-electron chi connectivity index (χ2n) is 6.54. The Morgan fingerprint density at radius 3 is 2.75 bits per heavy atom. The van der Waals surface area contributed by atoms with Crippen molar-refractivity contribution in [2.75, 3.05) is 32.7 Å². The van der Waals surface area contributed by atoms with Gasteiger partial charge in [-0.3, -0.25) is 14.5 Å². The molecule has 1 aromatic carbocycles. The molecule has 1 saturated heterocycles. The average Bonchev–Trinajstić information content (AvgIpc) is 3.27. The molecule has 2 amide bonds. The fourth-order valence-corrected chi connectivity index (χ4v) is 3.06. The molecule has 0 atom stereocenters. The van der Waals surface area contributed by atoms with Gasteiger partial charge in [-0.25, -0.2) is 4.98 Å². The number of amides is 2. The fraction of sp³-hybridized carbons (Fsp3) is 0.471. The lowest BCUT2D eigenvalue weighted by atomic mass is 10.1. The molecule has 0 unspecified atom stereocenters. The monoisotopic (exact) mass is 327 g/mol. The largest absolute Gasteiger partial charge is 0.352 e. The number of rotatable bonds is 4. The zero-order valence-electron chi connectivity index (χ0n) is 13.5. The Morgan fingerprint density at radius 1 is 1.21 bits per heavy atom. The van der Waals surface area contributed by atoms with Gasteiger partial charge in [0.2, 0.25) is 5.91 Å². The van der Waals surface area contributed by atoms with Crippen LogP contribution in [0.5, 0.6) is 0 Å². The minimum absolute atomic E-state index is 0.0357. The molecule has 7 heteroatoms. The highest BCUT2D eigenvalue weighted by Crippen LogP contribution is 2.18. The van der Waals surface area contributed by atoms with Crippen molar-refractivity contribution in [3.05, 3.63) is 30.1 Å². The van der Waals surface area contributed by atoms with Crippen molar-refractivity contribution < 1.29 is 9.59 Å². The molecule has 1 saturated carbocycles. The van der Waals surface area contributed by atoms with Crippen LogP contribution < -0.4 is 5.32 Å². The predicted molar refractivity (Wildman–Crippen MR) is 89.6 cm³/mol. The van der Waals surface area contributed by atoms with E-state index in [1.165, 1.54) is 0 Å². The van der Waals surface area contributed by atoms with Crippen molar-refractivity contribution in [1.82, 2.24) is 25.1 Å². The van der Waals surface area contributed by atoms with Crippen LogP contribution in [-0.2, 0) is 4.79 Å². The van der Waals surface area contributed by atoms with Crippen LogP contribution in [0.2, 0.25) is 0 Å². The van der Waals surface area contributed by atoms with Gasteiger partial charge in [0, 0.05) is 37.8 Å². The summed E-state index contributed by atoms with van der Waals surface area (Å²) in [4.78, 5) is 35.7. The Balaban J connectivity index is 1.32. The third kappa shape index (κ3) is 3.26. The zero-order valence-corrected chi connectivity index (χ0v) is 13.5. The van der Waals surface area contributed by atoms with E-state index in [0.717, 1.165) is 37.0 Å². The summed E-state index contributed by atoms with van der Waals surface area (Å²) in [7, 11) is 0. The summed E-state index contributed by atoms with van der Waals surface area (Å²) in [5, 5.41) is 3.00. The molecule has 2 aromatic rings. The molecule has 1 aliphatic heterocycles. The Labute approximate surface area is 140 Å². The van der Waals surface area contributed by atoms with Gasteiger partial charge in [0.25, 0.3) is 5.91 Å². The minimum Gasteiger partial charge on any atom is -0.352 e. The number of nitrogens with zero attached hydrogens (tertiary/aromatic N) is 3. The standard InChI is InChI=1S/C17H21N5O2/c23-16(20-13-2-3-13)10-21-5-7-22(8-6-21)17(24)12-1-4-14-15(9-12)19-11-18-14/h1,4,9,11,13H,2-3,5-8,10H2,(H,18,19)(H,20,23). The number of carbonyl (C=O) groups is 2. The summed E-state index contributed by atoms with van der Waals surface area (Å²) >= 11 is 0. The first-order valence-corrected chi connectivity index (χ1v) is 8.43. The van der Waals surface area contributed by atoms with Crippen molar-refractivity contribution >= 4 is 22.8 Å². The SMILES string of the molecule is O=C(CN1CCN(C(=O)c2ccc3nc[nH]c3c2)CC1)NC1CC1. The van der Waals surface area contributed by atoms with Gasteiger partial charge >= 0.3 is 0 Å². The van der Waals surface area contributed by atoms with Crippen LogP contribution in [0.15, 0.2) is 24.5 Å². The maximum absolute atomic E-state index is 12.6. The van der Waals surface area contributed by atoms with Gasteiger partial charge in [0.1, 0.15) is 0 Å². The zero-order chi connectivity index (χ0) is 16.5. The maximum atomic E-state index is 12.6. The summed E-state index contributed by atoms with van der Waals surface area (Å²) in [6, 6.07) is 5.93. The highest BCUT2D eigenvalue weighted by molar-refractivity contribution is 5.97. The van der Waals surface area contributed by atoms with Crippen molar-refractivity contribution in [2.45, 2.75) is 18.9 Å². The summed E-state index contributed by atoms with van der Waals surface area (Å²) in [5.41, 5.74) is 2.40. The van der Waals surface area contributed by atoms with Gasteiger partial charge in [0.05, 0.1) is 23.9 Å². The number of imidazole rings is 1. The molecule has 2 heterocycles. The van der Waals surface area contributed by atoms with E-state index in [1.54, 1.807) is 6.33 Å². The van der Waals surface area contributed by atoms with E-state index in [9.17, 15) is 9.59 Å². The molecule has 2 aliphatic rings. The molecule has 1 aromatic heterocycles. The van der Waals surface area contributed by atoms with Crippen molar-refractivity contribution in [1.29, 1.82) is 0 Å². The maximum Gasteiger partial charge on any atom is 0.254 e. The van der Waals surface area contributed by atoms with Gasteiger partial charge in [-0.15, -0.1) is 0 Å². The molecule has 0 radical (unpaired) electrons. The number of aromatic nitrogens is 2. The Morgan fingerprint density at radius 2 is 2.00 bits per heavy atom. The Hall–Kier alpha value is -2.41. The molecule has 24 heavy (non-hydrogen) atoms. The van der Waals surface area contributed by atoms with Crippen LogP contribution >= 0.6 is 0 Å². The summed E-state index contributed by atoms with van der Waals surface area (Å²) in [6.07, 6.45) is 3.84. The number of nitrogens with one attached hydrogen (secondary N) is 2. The van der Waals surface area contributed by atoms with Crippen molar-refractivity contribution in [3.63, 3.8) is 0 Å². The molecule has 7 nitrogen and oxygen atoms in total. The minimum atomic E-state index is 0.0357. The van der Waals surface area contributed by atoms with E-state index in [-0.39, 0.29) is 11.8 Å². The average molecular weight is 327 g/mol. The highest BCUT2D eigenvalue weighted by Gasteiger charge is 2.26. The highest BCUT2D eigenvalue weighted by atomic mass is 16.2. The van der Waals surface area contributed by atoms with E-state index in [0.29, 0.717) is 31.2 Å². The number of carbonyl (C=O) groups excluding carboxylic acids is 2. The molecule has 1 aliphatic carbocycles. The van der Waals surface area contributed by atoms with Gasteiger partial charge in [-0.05, 0) is 31.0 Å². The van der Waals surface area contributed by atoms with Crippen LogP contribution in [0.25, 0.3) is 11.0 Å². The second-order valence-corrected chi connectivity index (χ2v) is 6.54. The summed E-state index contributed by atoms with van der Waals surface area (Å²) in [6.45, 7) is 3.19. The molecular weight excluding hydrogens is 306 g/mol. The third-order valence-corrected chi connectivity index (χ3v) is 4.64. The van der Waals surface area contributed by atoms with E-state index in [4.69, 9.17) is 0 Å². The fourth-order valence-electron chi connectivity index (χ4n) is 3.06. The van der Waals surface area contributed by atoms with E-state index < -0.39 is 0 Å². The number of hydrogen-bond donors (Lipinski definition) is 2. The number of H-pyrrole nitrogens is 1. The molecule has 126 valence electrons. The van der Waals surface area contributed by atoms with Crippen LogP contribution in [0.3, 0.4) is 0 Å². The third-order valence-electron chi connectivity index (χ3n) is 4.64. The van der Waals surface area contributed by atoms with Gasteiger partial charge < -0.3 is 15.2 Å². The molecule has 0 bridgehead atoms. The van der Waals surface area contributed by atoms with E-state index in [1.807, 2.05) is 23.1 Å². The molecule has 4 rings (SSSR count). The van der Waals surface area contributed by atoms with Gasteiger partial charge in [-0.1, -0.05) is 0 Å². The number of benzene rings is 1. The number of aromatic amines is 1. The Bertz CT molecular complexity index is 759. The lowest BCUT2D eigenvalue weighted by Gasteiger charge is -2.34. The lowest BCUT2D eigenvalue weighted by molar-refractivity contribution is -0.122. The summed E-state index contributed by atoms with van der Waals surface area (Å²) < 4.78 is 0. The predicted octanol–water partition coefficient (Wildman–Crippen LogP) is 0.599. The lowest BCUT2D eigenvalue weighted by Crippen LogP contribution is -2.51. The first-order valence-electron chi connectivity index (χ1n) is 8.43. The van der Waals surface area contributed by atoms with Crippen LogP contribution in [0.4, 0.5) is 0 Å². The molecule has 2 N–H and O–H groups in total. The Kier molecular flexibility index (Phi) is 3.93. The van der Waals surface area contributed by atoms with Crippen LogP contribution in [0.1, 0.15) is 23.2 Å². The van der Waals surface area contributed by atoms with Gasteiger partial charge in [0.15, 0.2) is 0 Å². The normalized spacial score (nSPS) is 18.8. The smallest absolute Gasteiger partial charge is 0.254 e. The molecule has 0 spiro atoms. The second kappa shape index (κ2) is 6.24. The van der Waals surface area contributed by atoms with Crippen LogP contribution in [-0.4, -0.2) is 70.3 Å². The first-order chi connectivity index (χ1) is 11.7. The van der Waals surface area contributed by atoms with Crippen molar-refractivity contribution in [3.8, 4) is 0 Å². The number of fused-ring (bicyclic) bond motifs is 1. The topological polar surface area (TPSA) is 81.3 Å². The summed E-state index contributed by atoms with van der Waals surface area (Å²) in [5.74, 6) is 0.135. The quantitative estimate of drug-likeness (QED) is 0.862. The van der Waals surface area contributed by atoms with E-state index >= 15 is 0 Å². The van der Waals surface area contributed by atoms with Gasteiger partial charge in [-0.2, -0.15) is 0 Å². The molecular formula is C17H21N5O2. The van der Waals surface area contributed by atoms with E-state index in [2.05, 4.69) is 20.2 Å². The molecule has 2 fully saturated rings. The first kappa shape index (κ1) is 15.1.